The van der Waals surface area contributed by atoms with Gasteiger partial charge in [0.2, 0.25) is 4.80 Å². The van der Waals surface area contributed by atoms with E-state index in [1.807, 2.05) is 12.1 Å². The molecule has 2 aromatic carbocycles. The minimum absolute atomic E-state index is 0.0548. The molecule has 11 heteroatoms. The standard InChI is InChI=1S/C20H14N6O4S/c27-25(28)16-7-3-5-14(11-16)19-13-31-20(24(19)22-12-15-6-4-10-21-15)23-17-8-1-2-9-18(17)26(29)30/h1-13,21H. The lowest BCUT2D eigenvalue weighted by molar-refractivity contribution is -0.384. The largest absolute Gasteiger partial charge is 0.360 e. The average Bonchev–Trinajstić information content (AvgIpc) is 3.42. The summed E-state index contributed by atoms with van der Waals surface area (Å²) in [7, 11) is 0. The lowest BCUT2D eigenvalue weighted by Gasteiger charge is -2.04. The second kappa shape index (κ2) is 8.55. The van der Waals surface area contributed by atoms with Crippen molar-refractivity contribution in [2.75, 3.05) is 0 Å². The second-order valence-electron chi connectivity index (χ2n) is 6.25. The van der Waals surface area contributed by atoms with Gasteiger partial charge in [0, 0.05) is 35.3 Å². The van der Waals surface area contributed by atoms with Gasteiger partial charge in [-0.15, -0.1) is 11.3 Å². The van der Waals surface area contributed by atoms with E-state index in [9.17, 15) is 20.2 Å². The van der Waals surface area contributed by atoms with Crippen LogP contribution in [-0.2, 0) is 0 Å². The Kier molecular flexibility index (Phi) is 5.49. The number of nitrogens with one attached hydrogen (secondary N) is 1. The predicted molar refractivity (Wildman–Crippen MR) is 117 cm³/mol. The van der Waals surface area contributed by atoms with Gasteiger partial charge in [-0.3, -0.25) is 20.2 Å². The van der Waals surface area contributed by atoms with E-state index in [2.05, 4.69) is 15.1 Å². The Hall–Kier alpha value is -4.38. The quantitative estimate of drug-likeness (QED) is 0.272. The number of hydrogen-bond donors (Lipinski definition) is 1. The van der Waals surface area contributed by atoms with Gasteiger partial charge in [-0.1, -0.05) is 24.3 Å². The summed E-state index contributed by atoms with van der Waals surface area (Å²) < 4.78 is 1.50. The van der Waals surface area contributed by atoms with E-state index in [1.54, 1.807) is 48.1 Å². The summed E-state index contributed by atoms with van der Waals surface area (Å²) in [5.41, 5.74) is 1.87. The SMILES string of the molecule is O=[N+]([O-])c1cccc(-c2csc(=Nc3ccccc3[N+](=O)[O-])n2N=Cc2ccc[nH]2)c1. The Morgan fingerprint density at radius 2 is 1.84 bits per heavy atom. The number of H-pyrrole nitrogens is 1. The fourth-order valence-corrected chi connectivity index (χ4v) is 3.68. The molecular formula is C20H14N6O4S. The van der Waals surface area contributed by atoms with E-state index in [-0.39, 0.29) is 17.1 Å². The van der Waals surface area contributed by atoms with Gasteiger partial charge in [0.15, 0.2) is 0 Å². The van der Waals surface area contributed by atoms with Crippen molar-refractivity contribution in [2.45, 2.75) is 0 Å². The van der Waals surface area contributed by atoms with E-state index >= 15 is 0 Å². The monoisotopic (exact) mass is 434 g/mol. The van der Waals surface area contributed by atoms with Crippen LogP contribution in [0.2, 0.25) is 0 Å². The van der Waals surface area contributed by atoms with Crippen molar-refractivity contribution in [3.05, 3.63) is 103 Å². The van der Waals surface area contributed by atoms with Crippen LogP contribution in [0, 0.1) is 20.2 Å². The first-order valence-electron chi connectivity index (χ1n) is 8.94. The molecule has 0 aliphatic carbocycles. The molecule has 0 aliphatic rings. The van der Waals surface area contributed by atoms with E-state index in [0.717, 1.165) is 5.69 Å². The van der Waals surface area contributed by atoms with Crippen LogP contribution >= 0.6 is 11.3 Å². The molecule has 4 rings (SSSR count). The third-order valence-corrected chi connectivity index (χ3v) is 5.08. The van der Waals surface area contributed by atoms with E-state index in [4.69, 9.17) is 0 Å². The fourth-order valence-electron chi connectivity index (χ4n) is 2.83. The van der Waals surface area contributed by atoms with Crippen molar-refractivity contribution in [2.24, 2.45) is 10.1 Å². The fraction of sp³-hybridized carbons (Fsp3) is 0. The summed E-state index contributed by atoms with van der Waals surface area (Å²) in [6.45, 7) is 0. The zero-order valence-corrected chi connectivity index (χ0v) is 16.6. The average molecular weight is 434 g/mol. The third-order valence-electron chi connectivity index (χ3n) is 4.27. The number of nitro benzene ring substituents is 2. The van der Waals surface area contributed by atoms with Crippen molar-refractivity contribution >= 4 is 34.6 Å². The lowest BCUT2D eigenvalue weighted by atomic mass is 10.1. The van der Waals surface area contributed by atoms with E-state index in [0.29, 0.717) is 16.1 Å². The number of nitro groups is 2. The molecule has 0 unspecified atom stereocenters. The molecule has 0 aliphatic heterocycles. The number of aromatic nitrogens is 2. The summed E-state index contributed by atoms with van der Waals surface area (Å²) in [6.07, 6.45) is 3.33. The first-order valence-corrected chi connectivity index (χ1v) is 9.82. The molecule has 0 saturated heterocycles. The number of hydrogen-bond acceptors (Lipinski definition) is 7. The van der Waals surface area contributed by atoms with E-state index < -0.39 is 9.85 Å². The van der Waals surface area contributed by atoms with Crippen molar-refractivity contribution in [3.8, 4) is 11.3 Å². The summed E-state index contributed by atoms with van der Waals surface area (Å²) in [4.78, 5) is 29.4. The zero-order valence-electron chi connectivity index (χ0n) is 15.8. The minimum Gasteiger partial charge on any atom is -0.360 e. The van der Waals surface area contributed by atoms with Gasteiger partial charge in [-0.2, -0.15) is 5.10 Å². The van der Waals surface area contributed by atoms with Gasteiger partial charge in [0.05, 0.1) is 27.4 Å². The van der Waals surface area contributed by atoms with Crippen molar-refractivity contribution < 1.29 is 9.85 Å². The molecule has 0 bridgehead atoms. The minimum atomic E-state index is -0.500. The lowest BCUT2D eigenvalue weighted by Crippen LogP contribution is -2.12. The molecule has 154 valence electrons. The number of nitrogens with zero attached hydrogens (tertiary/aromatic N) is 5. The van der Waals surface area contributed by atoms with Gasteiger partial charge in [-0.25, -0.2) is 9.67 Å². The van der Waals surface area contributed by atoms with Crippen LogP contribution in [0.4, 0.5) is 17.1 Å². The smallest absolute Gasteiger partial charge is 0.294 e. The van der Waals surface area contributed by atoms with Crippen LogP contribution in [0.25, 0.3) is 11.3 Å². The van der Waals surface area contributed by atoms with Crippen LogP contribution in [0.15, 0.2) is 82.3 Å². The molecule has 2 aromatic heterocycles. The topological polar surface area (TPSA) is 132 Å². The summed E-state index contributed by atoms with van der Waals surface area (Å²) >= 11 is 1.22. The Morgan fingerprint density at radius 3 is 2.58 bits per heavy atom. The van der Waals surface area contributed by atoms with Gasteiger partial charge < -0.3 is 4.98 Å². The maximum atomic E-state index is 11.4. The van der Waals surface area contributed by atoms with Gasteiger partial charge >= 0.3 is 0 Å². The van der Waals surface area contributed by atoms with Crippen molar-refractivity contribution in [3.63, 3.8) is 0 Å². The Bertz CT molecular complexity index is 1350. The molecule has 0 atom stereocenters. The zero-order chi connectivity index (χ0) is 21.8. The van der Waals surface area contributed by atoms with Crippen LogP contribution in [0.1, 0.15) is 5.69 Å². The van der Waals surface area contributed by atoms with Gasteiger partial charge in [0.25, 0.3) is 11.4 Å². The molecular weight excluding hydrogens is 420 g/mol. The molecule has 10 nitrogen and oxygen atoms in total. The molecule has 0 saturated carbocycles. The summed E-state index contributed by atoms with van der Waals surface area (Å²) in [5.74, 6) is 0. The van der Waals surface area contributed by atoms with Crippen LogP contribution < -0.4 is 4.80 Å². The summed E-state index contributed by atoms with van der Waals surface area (Å²) in [5, 5.41) is 28.8. The molecule has 0 radical (unpaired) electrons. The number of para-hydroxylation sites is 2. The molecule has 1 N–H and O–H groups in total. The molecule has 0 amide bonds. The van der Waals surface area contributed by atoms with Crippen LogP contribution in [0.5, 0.6) is 0 Å². The first-order chi connectivity index (χ1) is 15.0. The number of benzene rings is 2. The Morgan fingerprint density at radius 1 is 1.00 bits per heavy atom. The first kappa shape index (κ1) is 19.9. The highest BCUT2D eigenvalue weighted by Gasteiger charge is 2.15. The van der Waals surface area contributed by atoms with E-state index in [1.165, 1.54) is 34.2 Å². The molecule has 4 aromatic rings. The van der Waals surface area contributed by atoms with Crippen molar-refractivity contribution in [1.82, 2.24) is 9.66 Å². The number of thiazole rings is 1. The van der Waals surface area contributed by atoms with Crippen LogP contribution in [-0.4, -0.2) is 25.7 Å². The number of non-ortho nitro benzene ring substituents is 1. The maximum absolute atomic E-state index is 11.4. The Balaban J connectivity index is 1.90. The summed E-state index contributed by atoms with van der Waals surface area (Å²) in [6, 6.07) is 15.9. The highest BCUT2D eigenvalue weighted by molar-refractivity contribution is 7.07. The molecule has 2 heterocycles. The van der Waals surface area contributed by atoms with Crippen molar-refractivity contribution in [1.29, 1.82) is 0 Å². The third kappa shape index (κ3) is 4.31. The maximum Gasteiger partial charge on any atom is 0.294 e. The normalized spacial score (nSPS) is 11.8. The second-order valence-corrected chi connectivity index (χ2v) is 7.09. The highest BCUT2D eigenvalue weighted by atomic mass is 32.1. The highest BCUT2D eigenvalue weighted by Crippen LogP contribution is 2.28. The molecule has 0 spiro atoms. The van der Waals surface area contributed by atoms with Gasteiger partial charge in [-0.05, 0) is 18.2 Å². The van der Waals surface area contributed by atoms with Crippen LogP contribution in [0.3, 0.4) is 0 Å². The predicted octanol–water partition coefficient (Wildman–Crippen LogP) is 4.48. The molecule has 31 heavy (non-hydrogen) atoms. The molecule has 0 fully saturated rings. The van der Waals surface area contributed by atoms with Gasteiger partial charge in [0.1, 0.15) is 5.69 Å². The Labute approximate surface area is 178 Å². The number of rotatable bonds is 6. The number of aromatic amines is 1.